The Morgan fingerprint density at radius 1 is 1.50 bits per heavy atom. The van der Waals surface area contributed by atoms with Crippen LogP contribution in [0.3, 0.4) is 0 Å². The molecule has 0 spiro atoms. The van der Waals surface area contributed by atoms with Crippen molar-refractivity contribution >= 4 is 11.6 Å². The number of hydrogen-bond donors (Lipinski definition) is 0. The van der Waals surface area contributed by atoms with E-state index in [0.717, 1.165) is 12.8 Å². The Balaban J connectivity index is 2.41. The van der Waals surface area contributed by atoms with E-state index in [2.05, 4.69) is 16.9 Å². The minimum atomic E-state index is 0.365. The van der Waals surface area contributed by atoms with Crippen molar-refractivity contribution in [3.05, 3.63) is 17.5 Å². The molecule has 1 aromatic rings. The maximum absolute atomic E-state index is 5.60. The molecule has 0 radical (unpaired) electrons. The molecule has 1 aromatic heterocycles. The number of aromatic nitrogens is 2. The predicted octanol–water partition coefficient (Wildman–Crippen LogP) is 2.31. The van der Waals surface area contributed by atoms with E-state index in [1.54, 1.807) is 6.20 Å². The lowest BCUT2D eigenvalue weighted by Crippen LogP contribution is -1.98. The third kappa shape index (κ3) is 3.05. The van der Waals surface area contributed by atoms with E-state index in [1.807, 2.05) is 0 Å². The van der Waals surface area contributed by atoms with E-state index in [1.165, 1.54) is 6.20 Å². The zero-order valence-electron chi connectivity index (χ0n) is 6.96. The number of unbranched alkanes of at least 4 members (excludes halogenated alkanes) is 1. The van der Waals surface area contributed by atoms with E-state index < -0.39 is 0 Å². The topological polar surface area (TPSA) is 35.0 Å². The summed E-state index contributed by atoms with van der Waals surface area (Å²) in [5, 5.41) is 0.365. The molecule has 0 unspecified atom stereocenters. The second-order valence-corrected chi connectivity index (χ2v) is 2.77. The Morgan fingerprint density at radius 3 is 3.00 bits per heavy atom. The molecule has 1 heterocycles. The SMILES string of the molecule is CCCCOc1cncc(Cl)n1. The van der Waals surface area contributed by atoms with Crippen LogP contribution < -0.4 is 4.74 Å². The maximum atomic E-state index is 5.60. The van der Waals surface area contributed by atoms with Gasteiger partial charge in [0.15, 0.2) is 5.15 Å². The van der Waals surface area contributed by atoms with Crippen LogP contribution in [0.1, 0.15) is 19.8 Å². The normalized spacial score (nSPS) is 9.83. The summed E-state index contributed by atoms with van der Waals surface area (Å²) in [7, 11) is 0. The van der Waals surface area contributed by atoms with Gasteiger partial charge in [-0.05, 0) is 6.42 Å². The van der Waals surface area contributed by atoms with Gasteiger partial charge in [-0.2, -0.15) is 4.98 Å². The van der Waals surface area contributed by atoms with Crippen LogP contribution in [0.4, 0.5) is 0 Å². The molecule has 12 heavy (non-hydrogen) atoms. The van der Waals surface area contributed by atoms with E-state index in [0.29, 0.717) is 17.6 Å². The first-order chi connectivity index (χ1) is 5.83. The monoisotopic (exact) mass is 186 g/mol. The lowest BCUT2D eigenvalue weighted by Gasteiger charge is -2.02. The van der Waals surface area contributed by atoms with Gasteiger partial charge in [0, 0.05) is 0 Å². The fraction of sp³-hybridized carbons (Fsp3) is 0.500. The van der Waals surface area contributed by atoms with Crippen molar-refractivity contribution < 1.29 is 4.74 Å². The van der Waals surface area contributed by atoms with Crippen LogP contribution in [0.25, 0.3) is 0 Å². The molecule has 0 saturated carbocycles. The highest BCUT2D eigenvalue weighted by Crippen LogP contribution is 2.09. The molecule has 0 N–H and O–H groups in total. The Bertz CT molecular complexity index is 242. The molecule has 0 aromatic carbocycles. The zero-order chi connectivity index (χ0) is 8.81. The molecule has 0 atom stereocenters. The number of ether oxygens (including phenoxy) is 1. The fourth-order valence-electron chi connectivity index (χ4n) is 0.716. The van der Waals surface area contributed by atoms with Gasteiger partial charge in [-0.3, -0.25) is 4.98 Å². The first-order valence-corrected chi connectivity index (χ1v) is 4.31. The largest absolute Gasteiger partial charge is 0.477 e. The molecule has 0 aliphatic heterocycles. The third-order valence-corrected chi connectivity index (χ3v) is 1.51. The molecule has 0 saturated heterocycles. The van der Waals surface area contributed by atoms with Crippen molar-refractivity contribution in [2.45, 2.75) is 19.8 Å². The van der Waals surface area contributed by atoms with Gasteiger partial charge in [0.05, 0.1) is 19.0 Å². The number of nitrogens with zero attached hydrogens (tertiary/aromatic N) is 2. The molecular weight excluding hydrogens is 176 g/mol. The van der Waals surface area contributed by atoms with Crippen molar-refractivity contribution in [1.29, 1.82) is 0 Å². The summed E-state index contributed by atoms with van der Waals surface area (Å²) in [5.41, 5.74) is 0. The first kappa shape index (κ1) is 9.26. The van der Waals surface area contributed by atoms with E-state index in [4.69, 9.17) is 16.3 Å². The first-order valence-electron chi connectivity index (χ1n) is 3.93. The average Bonchev–Trinajstić information content (AvgIpc) is 2.05. The highest BCUT2D eigenvalue weighted by Gasteiger charge is 1.95. The summed E-state index contributed by atoms with van der Waals surface area (Å²) in [6, 6.07) is 0. The molecule has 1 rings (SSSR count). The van der Waals surface area contributed by atoms with Gasteiger partial charge >= 0.3 is 0 Å². The van der Waals surface area contributed by atoms with Gasteiger partial charge in [0.2, 0.25) is 5.88 Å². The molecule has 4 heteroatoms. The summed E-state index contributed by atoms with van der Waals surface area (Å²) in [6.45, 7) is 2.78. The minimum Gasteiger partial charge on any atom is -0.477 e. The molecule has 66 valence electrons. The van der Waals surface area contributed by atoms with Crippen molar-refractivity contribution in [3.8, 4) is 5.88 Å². The van der Waals surface area contributed by atoms with Crippen LogP contribution in [0, 0.1) is 0 Å². The number of rotatable bonds is 4. The van der Waals surface area contributed by atoms with Crippen molar-refractivity contribution in [2.24, 2.45) is 0 Å². The summed E-state index contributed by atoms with van der Waals surface area (Å²) < 4.78 is 5.27. The van der Waals surface area contributed by atoms with Crippen LogP contribution >= 0.6 is 11.6 Å². The highest BCUT2D eigenvalue weighted by atomic mass is 35.5. The molecule has 0 bridgehead atoms. The molecule has 0 amide bonds. The lowest BCUT2D eigenvalue weighted by atomic mass is 10.4. The van der Waals surface area contributed by atoms with Gasteiger partial charge in [-0.15, -0.1) is 0 Å². The van der Waals surface area contributed by atoms with Crippen LogP contribution in [-0.2, 0) is 0 Å². The van der Waals surface area contributed by atoms with Crippen molar-refractivity contribution in [1.82, 2.24) is 9.97 Å². The molecule has 0 aliphatic carbocycles. The van der Waals surface area contributed by atoms with Gasteiger partial charge in [0.25, 0.3) is 0 Å². The van der Waals surface area contributed by atoms with E-state index >= 15 is 0 Å². The smallest absolute Gasteiger partial charge is 0.233 e. The van der Waals surface area contributed by atoms with Crippen molar-refractivity contribution in [2.75, 3.05) is 6.61 Å². The van der Waals surface area contributed by atoms with E-state index in [9.17, 15) is 0 Å². The Labute approximate surface area is 76.7 Å². The average molecular weight is 187 g/mol. The fourth-order valence-corrected chi connectivity index (χ4v) is 0.856. The minimum absolute atomic E-state index is 0.365. The summed E-state index contributed by atoms with van der Waals surface area (Å²) in [5.74, 6) is 0.496. The number of hydrogen-bond acceptors (Lipinski definition) is 3. The second kappa shape index (κ2) is 4.93. The Kier molecular flexibility index (Phi) is 3.80. The van der Waals surface area contributed by atoms with Gasteiger partial charge in [-0.1, -0.05) is 24.9 Å². The summed E-state index contributed by atoms with van der Waals surface area (Å²) in [4.78, 5) is 7.77. The maximum Gasteiger partial charge on any atom is 0.233 e. The number of halogens is 1. The van der Waals surface area contributed by atoms with Crippen LogP contribution in [-0.4, -0.2) is 16.6 Å². The third-order valence-electron chi connectivity index (χ3n) is 1.33. The van der Waals surface area contributed by atoms with Crippen molar-refractivity contribution in [3.63, 3.8) is 0 Å². The molecule has 0 aliphatic rings. The van der Waals surface area contributed by atoms with Crippen LogP contribution in [0.15, 0.2) is 12.4 Å². The highest BCUT2D eigenvalue weighted by molar-refractivity contribution is 6.29. The van der Waals surface area contributed by atoms with Gasteiger partial charge in [-0.25, -0.2) is 0 Å². The van der Waals surface area contributed by atoms with Crippen LogP contribution in [0.2, 0.25) is 5.15 Å². The Morgan fingerprint density at radius 2 is 2.33 bits per heavy atom. The standard InChI is InChI=1S/C8H11ClN2O/c1-2-3-4-12-8-6-10-5-7(9)11-8/h5-6H,2-4H2,1H3. The van der Waals surface area contributed by atoms with E-state index in [-0.39, 0.29) is 0 Å². The summed E-state index contributed by atoms with van der Waals surface area (Å²) in [6.07, 6.45) is 5.16. The molecule has 0 fully saturated rings. The van der Waals surface area contributed by atoms with Crippen LogP contribution in [0.5, 0.6) is 5.88 Å². The zero-order valence-corrected chi connectivity index (χ0v) is 7.71. The second-order valence-electron chi connectivity index (χ2n) is 2.38. The van der Waals surface area contributed by atoms with Gasteiger partial charge in [0.1, 0.15) is 0 Å². The quantitative estimate of drug-likeness (QED) is 0.677. The lowest BCUT2D eigenvalue weighted by molar-refractivity contribution is 0.296. The predicted molar refractivity (Wildman–Crippen MR) is 47.4 cm³/mol. The molecular formula is C8H11ClN2O. The Hall–Kier alpha value is -0.830. The van der Waals surface area contributed by atoms with Gasteiger partial charge < -0.3 is 4.74 Å². The molecule has 3 nitrogen and oxygen atoms in total. The summed E-state index contributed by atoms with van der Waals surface area (Å²) >= 11 is 5.60.